The molecule has 1 heterocycles. The summed E-state index contributed by atoms with van der Waals surface area (Å²) >= 11 is 0. The van der Waals surface area contributed by atoms with E-state index in [2.05, 4.69) is 4.98 Å². The highest BCUT2D eigenvalue weighted by Gasteiger charge is 2.17. The number of rotatable bonds is 3. The Hall–Kier alpha value is -2.21. The molecule has 16 heavy (non-hydrogen) atoms. The fourth-order valence-electron chi connectivity index (χ4n) is 1.19. The number of nitrogens with zero attached hydrogens (tertiary/aromatic N) is 3. The van der Waals surface area contributed by atoms with E-state index in [0.29, 0.717) is 0 Å². The number of alkyl halides is 2. The van der Waals surface area contributed by atoms with E-state index < -0.39 is 12.1 Å². The first-order valence-electron chi connectivity index (χ1n) is 4.27. The second-order valence-electron chi connectivity index (χ2n) is 2.82. The van der Waals surface area contributed by atoms with Gasteiger partial charge in [-0.15, -0.1) is 0 Å². The highest BCUT2D eigenvalue weighted by atomic mass is 19.3. The quantitative estimate of drug-likeness (QED) is 0.785. The van der Waals surface area contributed by atoms with Crippen molar-refractivity contribution in [3.8, 4) is 17.9 Å². The molecule has 1 aromatic rings. The van der Waals surface area contributed by atoms with Gasteiger partial charge in [0.25, 0.3) is 6.43 Å². The fraction of sp³-hybridized carbons (Fsp3) is 0.300. The maximum atomic E-state index is 12.5. The summed E-state index contributed by atoms with van der Waals surface area (Å²) in [5.74, 6) is 0.0121. The zero-order chi connectivity index (χ0) is 12.1. The van der Waals surface area contributed by atoms with Gasteiger partial charge < -0.3 is 4.74 Å². The maximum absolute atomic E-state index is 12.5. The first-order valence-corrected chi connectivity index (χ1v) is 4.27. The third-order valence-corrected chi connectivity index (χ3v) is 1.88. The van der Waals surface area contributed by atoms with Gasteiger partial charge in [-0.25, -0.2) is 13.8 Å². The van der Waals surface area contributed by atoms with Crippen LogP contribution in [-0.2, 0) is 6.42 Å². The van der Waals surface area contributed by atoms with Crippen molar-refractivity contribution in [3.05, 3.63) is 23.0 Å². The Morgan fingerprint density at radius 3 is 2.62 bits per heavy atom. The number of methoxy groups -OCH3 is 1. The first-order chi connectivity index (χ1) is 7.63. The van der Waals surface area contributed by atoms with Gasteiger partial charge in [0, 0.05) is 6.07 Å². The smallest absolute Gasteiger partial charge is 0.280 e. The summed E-state index contributed by atoms with van der Waals surface area (Å²) in [6, 6.07) is 4.55. The molecule has 4 nitrogen and oxygen atoms in total. The number of hydrogen-bond donors (Lipinski definition) is 0. The minimum absolute atomic E-state index is 0.0121. The molecule has 0 bridgehead atoms. The standard InChI is InChI=1S/C10H7F2N3O/c1-16-9-4-8(10(11)12)15-7(2-3-13)6(9)5-14/h4,10H,2H2,1H3. The Morgan fingerprint density at radius 1 is 1.50 bits per heavy atom. The summed E-state index contributed by atoms with van der Waals surface area (Å²) in [5, 5.41) is 17.3. The van der Waals surface area contributed by atoms with Gasteiger partial charge in [-0.1, -0.05) is 0 Å². The fourth-order valence-corrected chi connectivity index (χ4v) is 1.19. The molecule has 82 valence electrons. The average Bonchev–Trinajstić information content (AvgIpc) is 2.28. The van der Waals surface area contributed by atoms with Crippen molar-refractivity contribution in [1.82, 2.24) is 4.98 Å². The van der Waals surface area contributed by atoms with Gasteiger partial charge in [0.2, 0.25) is 0 Å². The maximum Gasteiger partial charge on any atom is 0.280 e. The van der Waals surface area contributed by atoms with Gasteiger partial charge >= 0.3 is 0 Å². The van der Waals surface area contributed by atoms with Crippen LogP contribution in [0.2, 0.25) is 0 Å². The lowest BCUT2D eigenvalue weighted by atomic mass is 10.1. The molecule has 1 rings (SSSR count). The van der Waals surface area contributed by atoms with E-state index in [0.717, 1.165) is 6.07 Å². The summed E-state index contributed by atoms with van der Waals surface area (Å²) in [4.78, 5) is 3.57. The van der Waals surface area contributed by atoms with Crippen LogP contribution in [0.15, 0.2) is 6.07 Å². The third-order valence-electron chi connectivity index (χ3n) is 1.88. The molecule has 0 saturated carbocycles. The first kappa shape index (κ1) is 11.9. The Morgan fingerprint density at radius 2 is 2.19 bits per heavy atom. The molecule has 0 N–H and O–H groups in total. The van der Waals surface area contributed by atoms with Crippen molar-refractivity contribution in [2.75, 3.05) is 7.11 Å². The zero-order valence-electron chi connectivity index (χ0n) is 8.37. The van der Waals surface area contributed by atoms with E-state index in [1.807, 2.05) is 0 Å². The van der Waals surface area contributed by atoms with Crippen LogP contribution in [0.25, 0.3) is 0 Å². The van der Waals surface area contributed by atoms with Crippen molar-refractivity contribution in [2.24, 2.45) is 0 Å². The van der Waals surface area contributed by atoms with E-state index in [9.17, 15) is 8.78 Å². The molecule has 1 aromatic heterocycles. The van der Waals surface area contributed by atoms with Crippen molar-refractivity contribution in [2.45, 2.75) is 12.8 Å². The van der Waals surface area contributed by atoms with Crippen molar-refractivity contribution in [3.63, 3.8) is 0 Å². The molecular weight excluding hydrogens is 216 g/mol. The van der Waals surface area contributed by atoms with Gasteiger partial charge in [-0.05, 0) is 0 Å². The number of aromatic nitrogens is 1. The second kappa shape index (κ2) is 5.04. The van der Waals surface area contributed by atoms with Crippen LogP contribution < -0.4 is 4.74 Å². The molecule has 0 radical (unpaired) electrons. The minimum atomic E-state index is -2.76. The molecule has 0 spiro atoms. The number of hydrogen-bond acceptors (Lipinski definition) is 4. The van der Waals surface area contributed by atoms with Crippen LogP contribution in [0.1, 0.15) is 23.4 Å². The van der Waals surface area contributed by atoms with Crippen LogP contribution in [0.3, 0.4) is 0 Å². The van der Waals surface area contributed by atoms with Gasteiger partial charge in [-0.3, -0.25) is 0 Å². The summed E-state index contributed by atoms with van der Waals surface area (Å²) in [7, 11) is 1.27. The molecule has 0 amide bonds. The van der Waals surface area contributed by atoms with E-state index in [4.69, 9.17) is 15.3 Å². The van der Waals surface area contributed by atoms with Gasteiger partial charge in [-0.2, -0.15) is 10.5 Å². The molecule has 0 saturated heterocycles. The molecule has 0 fully saturated rings. The Kier molecular flexibility index (Phi) is 3.73. The highest BCUT2D eigenvalue weighted by molar-refractivity contribution is 5.48. The molecular formula is C10H7F2N3O. The number of pyridine rings is 1. The van der Waals surface area contributed by atoms with Gasteiger partial charge in [0.15, 0.2) is 0 Å². The lowest BCUT2D eigenvalue weighted by Gasteiger charge is -2.08. The molecule has 0 aromatic carbocycles. The zero-order valence-corrected chi connectivity index (χ0v) is 8.37. The number of nitriles is 2. The van der Waals surface area contributed by atoms with Crippen LogP contribution in [0, 0.1) is 22.7 Å². The lowest BCUT2D eigenvalue weighted by molar-refractivity contribution is 0.145. The Balaban J connectivity index is 3.40. The normalized spacial score (nSPS) is 9.62. The van der Waals surface area contributed by atoms with Crippen LogP contribution in [-0.4, -0.2) is 12.1 Å². The topological polar surface area (TPSA) is 69.7 Å². The lowest BCUT2D eigenvalue weighted by Crippen LogP contribution is -2.02. The second-order valence-corrected chi connectivity index (χ2v) is 2.82. The summed E-state index contributed by atoms with van der Waals surface area (Å²) in [5.41, 5.74) is -0.464. The molecule has 0 atom stereocenters. The predicted molar refractivity (Wildman–Crippen MR) is 49.8 cm³/mol. The highest BCUT2D eigenvalue weighted by Crippen LogP contribution is 2.26. The summed E-state index contributed by atoms with van der Waals surface area (Å²) in [6.07, 6.45) is -2.97. The van der Waals surface area contributed by atoms with Crippen molar-refractivity contribution >= 4 is 0 Å². The van der Waals surface area contributed by atoms with E-state index in [-0.39, 0.29) is 23.4 Å². The predicted octanol–water partition coefficient (Wildman–Crippen LogP) is 1.97. The SMILES string of the molecule is COc1cc(C(F)F)nc(CC#N)c1C#N. The van der Waals surface area contributed by atoms with Crippen molar-refractivity contribution in [1.29, 1.82) is 10.5 Å². The molecule has 0 aliphatic carbocycles. The summed E-state index contributed by atoms with van der Waals surface area (Å²) in [6.45, 7) is 0. The van der Waals surface area contributed by atoms with Crippen molar-refractivity contribution < 1.29 is 13.5 Å². The van der Waals surface area contributed by atoms with Gasteiger partial charge in [0.05, 0.1) is 25.3 Å². The average molecular weight is 223 g/mol. The molecule has 0 unspecified atom stereocenters. The Bertz CT molecular complexity index is 474. The Labute approximate surface area is 90.7 Å². The monoisotopic (exact) mass is 223 g/mol. The van der Waals surface area contributed by atoms with Crippen LogP contribution in [0.5, 0.6) is 5.75 Å². The van der Waals surface area contributed by atoms with Gasteiger partial charge in [0.1, 0.15) is 23.1 Å². The van der Waals surface area contributed by atoms with E-state index in [1.54, 1.807) is 12.1 Å². The third kappa shape index (κ3) is 2.23. The minimum Gasteiger partial charge on any atom is -0.495 e. The van der Waals surface area contributed by atoms with E-state index in [1.165, 1.54) is 7.11 Å². The number of halogens is 2. The molecule has 0 aliphatic rings. The number of ether oxygens (including phenoxy) is 1. The van der Waals surface area contributed by atoms with Crippen LogP contribution in [0.4, 0.5) is 8.78 Å². The van der Waals surface area contributed by atoms with E-state index >= 15 is 0 Å². The largest absolute Gasteiger partial charge is 0.495 e. The molecule has 0 aliphatic heterocycles. The van der Waals surface area contributed by atoms with Crippen LogP contribution >= 0.6 is 0 Å². The molecule has 6 heteroatoms. The summed E-state index contributed by atoms with van der Waals surface area (Å²) < 4.78 is 29.7.